The quantitative estimate of drug-likeness (QED) is 0.812. The van der Waals surface area contributed by atoms with Crippen LogP contribution in [0.5, 0.6) is 5.75 Å². The van der Waals surface area contributed by atoms with Gasteiger partial charge in [-0.2, -0.15) is 0 Å². The van der Waals surface area contributed by atoms with Crippen molar-refractivity contribution in [3.8, 4) is 5.75 Å². The second kappa shape index (κ2) is 4.72. The molecule has 3 N–H and O–H groups in total. The molecular formula is C12H13N3O. The standard InChI is InChI=1S/C12H13N3O/c13-11(12-4-5-14-8-15-12)7-9-2-1-3-10(16)6-9/h1-6,8,11,16H,7,13H2. The molecule has 0 saturated heterocycles. The number of phenolic OH excluding ortho intramolecular Hbond substituents is 1. The van der Waals surface area contributed by atoms with Crippen molar-refractivity contribution in [2.24, 2.45) is 5.73 Å². The van der Waals surface area contributed by atoms with Crippen LogP contribution in [0, 0.1) is 0 Å². The van der Waals surface area contributed by atoms with Gasteiger partial charge in [-0.25, -0.2) is 9.97 Å². The molecule has 1 atom stereocenters. The highest BCUT2D eigenvalue weighted by molar-refractivity contribution is 5.28. The molecule has 0 saturated carbocycles. The smallest absolute Gasteiger partial charge is 0.115 e. The molecule has 1 unspecified atom stereocenters. The molecule has 1 aromatic carbocycles. The van der Waals surface area contributed by atoms with Crippen molar-refractivity contribution in [2.75, 3.05) is 0 Å². The summed E-state index contributed by atoms with van der Waals surface area (Å²) in [5.74, 6) is 0.257. The molecule has 4 heteroatoms. The average Bonchev–Trinajstić information content (AvgIpc) is 2.30. The summed E-state index contributed by atoms with van der Waals surface area (Å²) in [5, 5.41) is 9.33. The molecule has 0 fully saturated rings. The zero-order valence-electron chi connectivity index (χ0n) is 8.74. The van der Waals surface area contributed by atoms with Gasteiger partial charge in [0.05, 0.1) is 11.7 Å². The minimum Gasteiger partial charge on any atom is -0.508 e. The zero-order valence-corrected chi connectivity index (χ0v) is 8.74. The lowest BCUT2D eigenvalue weighted by Crippen LogP contribution is -2.14. The first-order chi connectivity index (χ1) is 7.75. The van der Waals surface area contributed by atoms with Crippen molar-refractivity contribution in [3.63, 3.8) is 0 Å². The van der Waals surface area contributed by atoms with Crippen LogP contribution in [-0.2, 0) is 6.42 Å². The van der Waals surface area contributed by atoms with Crippen LogP contribution in [0.15, 0.2) is 42.9 Å². The van der Waals surface area contributed by atoms with Crippen molar-refractivity contribution in [1.82, 2.24) is 9.97 Å². The molecule has 0 amide bonds. The van der Waals surface area contributed by atoms with Gasteiger partial charge in [-0.05, 0) is 30.2 Å². The fourth-order valence-corrected chi connectivity index (χ4v) is 1.56. The highest BCUT2D eigenvalue weighted by atomic mass is 16.3. The van der Waals surface area contributed by atoms with Crippen LogP contribution in [0.4, 0.5) is 0 Å². The third kappa shape index (κ3) is 2.55. The molecule has 16 heavy (non-hydrogen) atoms. The van der Waals surface area contributed by atoms with Gasteiger partial charge in [-0.1, -0.05) is 12.1 Å². The number of phenols is 1. The van der Waals surface area contributed by atoms with E-state index < -0.39 is 0 Å². The summed E-state index contributed by atoms with van der Waals surface area (Å²) in [7, 11) is 0. The molecule has 1 aromatic heterocycles. The predicted octanol–water partition coefficient (Wildman–Crippen LogP) is 1.42. The van der Waals surface area contributed by atoms with Gasteiger partial charge in [0.15, 0.2) is 0 Å². The third-order valence-electron chi connectivity index (χ3n) is 2.35. The molecule has 0 bridgehead atoms. The molecule has 4 nitrogen and oxygen atoms in total. The maximum Gasteiger partial charge on any atom is 0.115 e. The van der Waals surface area contributed by atoms with Crippen molar-refractivity contribution >= 4 is 0 Å². The van der Waals surface area contributed by atoms with Gasteiger partial charge < -0.3 is 10.8 Å². The normalized spacial score (nSPS) is 12.3. The number of nitrogens with two attached hydrogens (primary N) is 1. The minimum absolute atomic E-state index is 0.176. The Labute approximate surface area is 93.8 Å². The first kappa shape index (κ1) is 10.6. The Bertz CT molecular complexity index is 459. The van der Waals surface area contributed by atoms with E-state index in [1.165, 1.54) is 6.33 Å². The van der Waals surface area contributed by atoms with Gasteiger partial charge in [0.1, 0.15) is 12.1 Å². The summed E-state index contributed by atoms with van der Waals surface area (Å²) < 4.78 is 0. The Morgan fingerprint density at radius 3 is 2.88 bits per heavy atom. The molecule has 1 heterocycles. The van der Waals surface area contributed by atoms with Gasteiger partial charge >= 0.3 is 0 Å². The zero-order chi connectivity index (χ0) is 11.4. The van der Waals surface area contributed by atoms with Crippen molar-refractivity contribution in [3.05, 3.63) is 54.1 Å². The maximum absolute atomic E-state index is 9.33. The molecular weight excluding hydrogens is 202 g/mol. The number of hydrogen-bond donors (Lipinski definition) is 2. The van der Waals surface area contributed by atoms with E-state index in [4.69, 9.17) is 5.73 Å². The van der Waals surface area contributed by atoms with Gasteiger partial charge in [0.2, 0.25) is 0 Å². The van der Waals surface area contributed by atoms with Crippen LogP contribution in [0.1, 0.15) is 17.3 Å². The van der Waals surface area contributed by atoms with Crippen LogP contribution >= 0.6 is 0 Å². The molecule has 2 rings (SSSR count). The van der Waals surface area contributed by atoms with E-state index >= 15 is 0 Å². The Morgan fingerprint density at radius 2 is 2.19 bits per heavy atom. The number of benzene rings is 1. The second-order valence-corrected chi connectivity index (χ2v) is 3.61. The molecule has 0 spiro atoms. The molecule has 0 radical (unpaired) electrons. The summed E-state index contributed by atoms with van der Waals surface area (Å²) in [6.45, 7) is 0. The van der Waals surface area contributed by atoms with Crippen LogP contribution < -0.4 is 5.73 Å². The number of nitrogens with zero attached hydrogens (tertiary/aromatic N) is 2. The lowest BCUT2D eigenvalue weighted by Gasteiger charge is -2.10. The van der Waals surface area contributed by atoms with Gasteiger partial charge in [0.25, 0.3) is 0 Å². The second-order valence-electron chi connectivity index (χ2n) is 3.61. The summed E-state index contributed by atoms with van der Waals surface area (Å²) in [5.41, 5.74) is 7.80. The summed E-state index contributed by atoms with van der Waals surface area (Å²) in [6, 6.07) is 8.71. The topological polar surface area (TPSA) is 72.0 Å². The Morgan fingerprint density at radius 1 is 1.31 bits per heavy atom. The van der Waals surface area contributed by atoms with Crippen LogP contribution in [0.25, 0.3) is 0 Å². The minimum atomic E-state index is -0.176. The summed E-state index contributed by atoms with van der Waals surface area (Å²) in [6.07, 6.45) is 3.80. The lowest BCUT2D eigenvalue weighted by molar-refractivity contribution is 0.474. The number of rotatable bonds is 3. The number of hydrogen-bond acceptors (Lipinski definition) is 4. The monoisotopic (exact) mass is 215 g/mol. The highest BCUT2D eigenvalue weighted by Gasteiger charge is 2.08. The van der Waals surface area contributed by atoms with Crippen LogP contribution in [0.2, 0.25) is 0 Å². The van der Waals surface area contributed by atoms with Crippen LogP contribution in [-0.4, -0.2) is 15.1 Å². The third-order valence-corrected chi connectivity index (χ3v) is 2.35. The fourth-order valence-electron chi connectivity index (χ4n) is 1.56. The fraction of sp³-hybridized carbons (Fsp3) is 0.167. The SMILES string of the molecule is NC(Cc1cccc(O)c1)c1ccncn1. The van der Waals surface area contributed by atoms with Crippen LogP contribution in [0.3, 0.4) is 0 Å². The van der Waals surface area contributed by atoms with E-state index in [0.717, 1.165) is 11.3 Å². The number of aromatic nitrogens is 2. The van der Waals surface area contributed by atoms with E-state index in [2.05, 4.69) is 9.97 Å². The van der Waals surface area contributed by atoms with E-state index in [0.29, 0.717) is 6.42 Å². The van der Waals surface area contributed by atoms with E-state index in [9.17, 15) is 5.11 Å². The van der Waals surface area contributed by atoms with E-state index in [1.54, 1.807) is 30.5 Å². The lowest BCUT2D eigenvalue weighted by atomic mass is 10.0. The van der Waals surface area contributed by atoms with Gasteiger partial charge in [-0.3, -0.25) is 0 Å². The van der Waals surface area contributed by atoms with Crippen molar-refractivity contribution < 1.29 is 5.11 Å². The molecule has 0 aliphatic rings. The van der Waals surface area contributed by atoms with Crippen molar-refractivity contribution in [1.29, 1.82) is 0 Å². The Hall–Kier alpha value is -1.94. The van der Waals surface area contributed by atoms with Crippen molar-refractivity contribution in [2.45, 2.75) is 12.5 Å². The average molecular weight is 215 g/mol. The van der Waals surface area contributed by atoms with Gasteiger partial charge in [-0.15, -0.1) is 0 Å². The number of aromatic hydroxyl groups is 1. The van der Waals surface area contributed by atoms with E-state index in [-0.39, 0.29) is 11.8 Å². The first-order valence-electron chi connectivity index (χ1n) is 5.05. The first-order valence-corrected chi connectivity index (χ1v) is 5.05. The maximum atomic E-state index is 9.33. The molecule has 0 aliphatic heterocycles. The molecule has 82 valence electrons. The molecule has 0 aliphatic carbocycles. The molecule has 2 aromatic rings. The summed E-state index contributed by atoms with van der Waals surface area (Å²) in [4.78, 5) is 7.94. The largest absolute Gasteiger partial charge is 0.508 e. The Kier molecular flexibility index (Phi) is 3.12. The predicted molar refractivity (Wildman–Crippen MR) is 60.8 cm³/mol. The highest BCUT2D eigenvalue weighted by Crippen LogP contribution is 2.17. The van der Waals surface area contributed by atoms with Gasteiger partial charge in [0, 0.05) is 6.20 Å². The Balaban J connectivity index is 2.11. The summed E-state index contributed by atoms with van der Waals surface area (Å²) >= 11 is 0. The van der Waals surface area contributed by atoms with E-state index in [1.807, 2.05) is 6.07 Å².